The molecule has 3 N–H and O–H groups in total. The zero-order valence-electron chi connectivity index (χ0n) is 7.68. The Hall–Kier alpha value is -0.570. The minimum atomic E-state index is -0.211. The topological polar surface area (TPSA) is 55.1 Å². The summed E-state index contributed by atoms with van der Waals surface area (Å²) in [7, 11) is 0. The number of carbonyl (C=O) groups excluding carboxylic acids is 1. The number of rotatable bonds is 6. The van der Waals surface area contributed by atoms with Crippen molar-refractivity contribution in [3.63, 3.8) is 0 Å². The lowest BCUT2D eigenvalue weighted by Crippen LogP contribution is -2.41. The molecule has 0 aromatic carbocycles. The first-order valence-corrected chi connectivity index (χ1v) is 4.76. The van der Waals surface area contributed by atoms with E-state index in [1.165, 1.54) is 12.8 Å². The van der Waals surface area contributed by atoms with Crippen molar-refractivity contribution >= 4 is 5.91 Å². The van der Waals surface area contributed by atoms with Crippen molar-refractivity contribution in [2.75, 3.05) is 6.54 Å². The quantitative estimate of drug-likeness (QED) is 0.614. The van der Waals surface area contributed by atoms with Crippen molar-refractivity contribution in [2.24, 2.45) is 11.7 Å². The van der Waals surface area contributed by atoms with Gasteiger partial charge in [0.05, 0.1) is 6.04 Å². The minimum absolute atomic E-state index is 0.101. The predicted molar refractivity (Wildman–Crippen MR) is 48.6 cm³/mol. The molecule has 0 aliphatic heterocycles. The molecule has 0 aromatic heterocycles. The molecule has 0 bridgehead atoms. The average Bonchev–Trinajstić information content (AvgIpc) is 2.80. The summed E-state index contributed by atoms with van der Waals surface area (Å²) in [5, 5.41) is 3.21. The maximum absolute atomic E-state index is 10.9. The van der Waals surface area contributed by atoms with E-state index in [4.69, 9.17) is 5.73 Å². The van der Waals surface area contributed by atoms with Crippen LogP contribution in [0.3, 0.4) is 0 Å². The van der Waals surface area contributed by atoms with Gasteiger partial charge in [-0.1, -0.05) is 13.3 Å². The van der Waals surface area contributed by atoms with Gasteiger partial charge in [-0.05, 0) is 31.7 Å². The highest BCUT2D eigenvalue weighted by molar-refractivity contribution is 5.79. The summed E-state index contributed by atoms with van der Waals surface area (Å²) in [6, 6.07) is -0.101. The van der Waals surface area contributed by atoms with E-state index in [1.807, 2.05) is 0 Å². The van der Waals surface area contributed by atoms with Crippen molar-refractivity contribution < 1.29 is 4.79 Å². The van der Waals surface area contributed by atoms with Crippen LogP contribution < -0.4 is 11.1 Å². The van der Waals surface area contributed by atoms with Gasteiger partial charge in [-0.25, -0.2) is 0 Å². The van der Waals surface area contributed by atoms with Gasteiger partial charge in [0.25, 0.3) is 0 Å². The van der Waals surface area contributed by atoms with Crippen LogP contribution in [0.4, 0.5) is 0 Å². The molecular formula is C9H18N2O. The lowest BCUT2D eigenvalue weighted by atomic mass is 10.1. The summed E-state index contributed by atoms with van der Waals surface area (Å²) < 4.78 is 0. The highest BCUT2D eigenvalue weighted by Gasteiger charge is 2.23. The van der Waals surface area contributed by atoms with Crippen LogP contribution >= 0.6 is 0 Å². The van der Waals surface area contributed by atoms with Crippen molar-refractivity contribution in [1.82, 2.24) is 5.32 Å². The van der Waals surface area contributed by atoms with E-state index in [9.17, 15) is 4.79 Å². The fourth-order valence-corrected chi connectivity index (χ4v) is 1.26. The lowest BCUT2D eigenvalue weighted by Gasteiger charge is -2.13. The van der Waals surface area contributed by atoms with Crippen LogP contribution in [0.2, 0.25) is 0 Å². The number of carbonyl (C=O) groups is 1. The third-order valence-corrected chi connectivity index (χ3v) is 2.27. The Morgan fingerprint density at radius 1 is 1.67 bits per heavy atom. The molecule has 1 rings (SSSR count). The van der Waals surface area contributed by atoms with E-state index in [-0.39, 0.29) is 11.9 Å². The lowest BCUT2D eigenvalue weighted by molar-refractivity contribution is -0.120. The SMILES string of the molecule is CCCC(NCC1CC1)C(N)=O. The first-order chi connectivity index (χ1) is 5.74. The van der Waals surface area contributed by atoms with Crippen LogP contribution in [0, 0.1) is 5.92 Å². The van der Waals surface area contributed by atoms with Gasteiger partial charge < -0.3 is 11.1 Å². The second-order valence-corrected chi connectivity index (χ2v) is 3.60. The van der Waals surface area contributed by atoms with Gasteiger partial charge in [0.15, 0.2) is 0 Å². The molecule has 1 atom stereocenters. The minimum Gasteiger partial charge on any atom is -0.368 e. The fraction of sp³-hybridized carbons (Fsp3) is 0.889. The van der Waals surface area contributed by atoms with Gasteiger partial charge in [-0.15, -0.1) is 0 Å². The molecule has 1 aliphatic rings. The van der Waals surface area contributed by atoms with E-state index in [2.05, 4.69) is 12.2 Å². The molecule has 0 heterocycles. The average molecular weight is 170 g/mol. The molecule has 1 fully saturated rings. The molecule has 3 heteroatoms. The molecule has 0 saturated heterocycles. The number of nitrogens with one attached hydrogen (secondary N) is 1. The molecule has 1 amide bonds. The van der Waals surface area contributed by atoms with Crippen molar-refractivity contribution in [3.8, 4) is 0 Å². The molecule has 1 aliphatic carbocycles. The summed E-state index contributed by atoms with van der Waals surface area (Å²) in [5.74, 6) is 0.598. The van der Waals surface area contributed by atoms with E-state index < -0.39 is 0 Å². The van der Waals surface area contributed by atoms with Gasteiger partial charge in [-0.2, -0.15) is 0 Å². The third-order valence-electron chi connectivity index (χ3n) is 2.27. The Morgan fingerprint density at radius 3 is 2.75 bits per heavy atom. The van der Waals surface area contributed by atoms with Gasteiger partial charge in [0.1, 0.15) is 0 Å². The molecular weight excluding hydrogens is 152 g/mol. The summed E-state index contributed by atoms with van der Waals surface area (Å²) in [5.41, 5.74) is 5.23. The van der Waals surface area contributed by atoms with E-state index in [0.717, 1.165) is 25.3 Å². The highest BCUT2D eigenvalue weighted by Crippen LogP contribution is 2.27. The maximum Gasteiger partial charge on any atom is 0.234 e. The van der Waals surface area contributed by atoms with E-state index in [0.29, 0.717) is 0 Å². The Labute approximate surface area is 73.7 Å². The number of nitrogens with two attached hydrogens (primary N) is 1. The molecule has 12 heavy (non-hydrogen) atoms. The largest absolute Gasteiger partial charge is 0.368 e. The zero-order chi connectivity index (χ0) is 8.97. The Morgan fingerprint density at radius 2 is 2.33 bits per heavy atom. The second kappa shape index (κ2) is 4.45. The molecule has 0 radical (unpaired) electrons. The van der Waals surface area contributed by atoms with Crippen molar-refractivity contribution in [2.45, 2.75) is 38.6 Å². The van der Waals surface area contributed by atoms with Crippen molar-refractivity contribution in [1.29, 1.82) is 0 Å². The third kappa shape index (κ3) is 3.22. The smallest absolute Gasteiger partial charge is 0.234 e. The summed E-state index contributed by atoms with van der Waals surface area (Å²) >= 11 is 0. The second-order valence-electron chi connectivity index (χ2n) is 3.60. The number of hydrogen-bond acceptors (Lipinski definition) is 2. The number of amides is 1. The van der Waals surface area contributed by atoms with Gasteiger partial charge in [-0.3, -0.25) is 4.79 Å². The summed E-state index contributed by atoms with van der Waals surface area (Å²) in [4.78, 5) is 10.9. The first-order valence-electron chi connectivity index (χ1n) is 4.76. The Balaban J connectivity index is 2.16. The molecule has 3 nitrogen and oxygen atoms in total. The molecule has 70 valence electrons. The molecule has 0 spiro atoms. The van der Waals surface area contributed by atoms with Crippen LogP contribution in [0.25, 0.3) is 0 Å². The van der Waals surface area contributed by atoms with E-state index in [1.54, 1.807) is 0 Å². The van der Waals surface area contributed by atoms with Gasteiger partial charge >= 0.3 is 0 Å². The van der Waals surface area contributed by atoms with Gasteiger partial charge in [0, 0.05) is 0 Å². The van der Waals surface area contributed by atoms with Crippen LogP contribution in [0.15, 0.2) is 0 Å². The predicted octanol–water partition coefficient (Wildman–Crippen LogP) is 0.640. The Kier molecular flexibility index (Phi) is 3.53. The molecule has 1 saturated carbocycles. The standard InChI is InChI=1S/C9H18N2O/c1-2-3-8(9(10)12)11-6-7-4-5-7/h7-8,11H,2-6H2,1H3,(H2,10,12). The number of hydrogen-bond donors (Lipinski definition) is 2. The molecule has 0 aromatic rings. The van der Waals surface area contributed by atoms with Crippen LogP contribution in [-0.2, 0) is 4.79 Å². The van der Waals surface area contributed by atoms with Crippen LogP contribution in [-0.4, -0.2) is 18.5 Å². The zero-order valence-corrected chi connectivity index (χ0v) is 7.68. The first kappa shape index (κ1) is 9.52. The monoisotopic (exact) mass is 170 g/mol. The molecule has 1 unspecified atom stereocenters. The summed E-state index contributed by atoms with van der Waals surface area (Å²) in [6.45, 7) is 3.03. The van der Waals surface area contributed by atoms with Gasteiger partial charge in [0.2, 0.25) is 5.91 Å². The van der Waals surface area contributed by atoms with Crippen molar-refractivity contribution in [3.05, 3.63) is 0 Å². The summed E-state index contributed by atoms with van der Waals surface area (Å²) in [6.07, 6.45) is 4.49. The highest BCUT2D eigenvalue weighted by atomic mass is 16.1. The normalized spacial score (nSPS) is 19.1. The number of primary amides is 1. The van der Waals surface area contributed by atoms with Crippen LogP contribution in [0.1, 0.15) is 32.6 Å². The van der Waals surface area contributed by atoms with Crippen LogP contribution in [0.5, 0.6) is 0 Å². The van der Waals surface area contributed by atoms with E-state index >= 15 is 0 Å². The Bertz CT molecular complexity index is 155. The maximum atomic E-state index is 10.9. The fourth-order valence-electron chi connectivity index (χ4n) is 1.26.